The first kappa shape index (κ1) is 18.2. The zero-order valence-corrected chi connectivity index (χ0v) is 16.6. The quantitative estimate of drug-likeness (QED) is 0.692. The van der Waals surface area contributed by atoms with Gasteiger partial charge in [-0.3, -0.25) is 15.0 Å². The molecule has 2 aromatic heterocycles. The number of carbonyl (C=O) groups is 1. The van der Waals surface area contributed by atoms with Crippen molar-refractivity contribution in [2.45, 2.75) is 38.4 Å². The molecule has 1 aliphatic carbocycles. The van der Waals surface area contributed by atoms with Crippen molar-refractivity contribution >= 4 is 22.8 Å². The Hall–Kier alpha value is -2.84. The minimum absolute atomic E-state index is 0.0766. The molecule has 0 bridgehead atoms. The lowest BCUT2D eigenvalue weighted by Crippen LogP contribution is -2.41. The summed E-state index contributed by atoms with van der Waals surface area (Å²) in [6, 6.07) is 6.66. The van der Waals surface area contributed by atoms with E-state index in [4.69, 9.17) is 0 Å². The molecule has 1 amide bonds. The van der Waals surface area contributed by atoms with Crippen LogP contribution in [0.2, 0.25) is 0 Å². The highest BCUT2D eigenvalue weighted by atomic mass is 16.2. The number of hydrogen-bond acceptors (Lipinski definition) is 6. The average Bonchev–Trinajstić information content (AvgIpc) is 3.10. The molecule has 0 unspecified atom stereocenters. The van der Waals surface area contributed by atoms with Gasteiger partial charge in [0.25, 0.3) is 0 Å². The van der Waals surface area contributed by atoms with Gasteiger partial charge in [0, 0.05) is 36.3 Å². The third-order valence-corrected chi connectivity index (χ3v) is 5.95. The second kappa shape index (κ2) is 7.53. The molecule has 29 heavy (non-hydrogen) atoms. The first-order valence-electron chi connectivity index (χ1n) is 10.2. The summed E-state index contributed by atoms with van der Waals surface area (Å²) in [4.78, 5) is 27.9. The number of amides is 1. The summed E-state index contributed by atoms with van der Waals surface area (Å²) in [6.07, 6.45) is 7.28. The number of carbonyl (C=O) groups excluding carboxylic acids is 1. The highest BCUT2D eigenvalue weighted by Gasteiger charge is 2.23. The number of likely N-dealkylation sites (N-methyl/N-ethyl adjacent to an activating group) is 1. The predicted octanol–water partition coefficient (Wildman–Crippen LogP) is 2.02. The molecule has 3 aromatic rings. The third kappa shape index (κ3) is 3.61. The lowest BCUT2D eigenvalue weighted by atomic mass is 9.92. The molecule has 1 aliphatic heterocycles. The number of benzene rings is 1. The maximum atomic E-state index is 12.4. The number of nitrogens with zero attached hydrogens (tertiary/aromatic N) is 5. The van der Waals surface area contributed by atoms with E-state index in [2.05, 4.69) is 41.1 Å². The number of hydrogen-bond donors (Lipinski definition) is 2. The fourth-order valence-electron chi connectivity index (χ4n) is 4.02. The second-order valence-corrected chi connectivity index (χ2v) is 7.90. The van der Waals surface area contributed by atoms with Crippen molar-refractivity contribution in [1.29, 1.82) is 0 Å². The first-order valence-corrected chi connectivity index (χ1v) is 10.2. The SMILES string of the molecule is CN(CC(=O)Nc1ncc2ccc(-c3cnc4n3CCNC4)cc2n1)C1CCC1. The van der Waals surface area contributed by atoms with Crippen LogP contribution in [0.15, 0.2) is 30.6 Å². The van der Waals surface area contributed by atoms with Crippen molar-refractivity contribution in [2.75, 3.05) is 25.5 Å². The summed E-state index contributed by atoms with van der Waals surface area (Å²) >= 11 is 0. The molecular weight excluding hydrogens is 366 g/mol. The molecule has 0 radical (unpaired) electrons. The van der Waals surface area contributed by atoms with Gasteiger partial charge in [0.05, 0.1) is 30.5 Å². The van der Waals surface area contributed by atoms with Gasteiger partial charge in [0.2, 0.25) is 11.9 Å². The van der Waals surface area contributed by atoms with E-state index >= 15 is 0 Å². The van der Waals surface area contributed by atoms with Crippen molar-refractivity contribution in [3.8, 4) is 11.3 Å². The van der Waals surface area contributed by atoms with Crippen LogP contribution in [0.4, 0.5) is 5.95 Å². The van der Waals surface area contributed by atoms with Crippen LogP contribution in [-0.2, 0) is 17.9 Å². The summed E-state index contributed by atoms with van der Waals surface area (Å²) in [7, 11) is 2.00. The molecule has 0 spiro atoms. The lowest BCUT2D eigenvalue weighted by molar-refractivity contribution is -0.117. The Labute approximate surface area is 169 Å². The highest BCUT2D eigenvalue weighted by Crippen LogP contribution is 2.26. The van der Waals surface area contributed by atoms with E-state index in [9.17, 15) is 4.79 Å². The fraction of sp³-hybridized carbons (Fsp3) is 0.429. The standard InChI is InChI=1S/C21H25N7O/c1-27(16-3-2-4-16)13-20(29)26-21-24-10-15-6-5-14(9-17(15)25-21)18-11-23-19-12-22-7-8-28(18)19/h5-6,9-11,16,22H,2-4,7-8,12-13H2,1H3,(H,24,25,26,29). The maximum absolute atomic E-state index is 12.4. The number of fused-ring (bicyclic) bond motifs is 2. The molecule has 0 saturated heterocycles. The van der Waals surface area contributed by atoms with Gasteiger partial charge < -0.3 is 9.88 Å². The number of aromatic nitrogens is 4. The van der Waals surface area contributed by atoms with Gasteiger partial charge >= 0.3 is 0 Å². The van der Waals surface area contributed by atoms with E-state index in [0.717, 1.165) is 47.6 Å². The van der Waals surface area contributed by atoms with E-state index in [1.54, 1.807) is 6.20 Å². The smallest absolute Gasteiger partial charge is 0.240 e. The average molecular weight is 391 g/mol. The van der Waals surface area contributed by atoms with E-state index in [1.165, 1.54) is 19.3 Å². The Morgan fingerprint density at radius 1 is 1.31 bits per heavy atom. The molecule has 1 aromatic carbocycles. The van der Waals surface area contributed by atoms with Crippen molar-refractivity contribution in [2.24, 2.45) is 0 Å². The third-order valence-electron chi connectivity index (χ3n) is 5.95. The van der Waals surface area contributed by atoms with Crippen molar-refractivity contribution in [1.82, 2.24) is 29.7 Å². The van der Waals surface area contributed by atoms with Gasteiger partial charge in [0.1, 0.15) is 5.82 Å². The fourth-order valence-corrected chi connectivity index (χ4v) is 4.02. The Morgan fingerprint density at radius 2 is 2.21 bits per heavy atom. The topological polar surface area (TPSA) is 88.0 Å². The minimum atomic E-state index is -0.0766. The van der Waals surface area contributed by atoms with E-state index in [1.807, 2.05) is 25.4 Å². The molecule has 1 fully saturated rings. The molecule has 5 rings (SSSR count). The Balaban J connectivity index is 1.36. The van der Waals surface area contributed by atoms with Crippen molar-refractivity contribution in [3.05, 3.63) is 36.4 Å². The first-order chi connectivity index (χ1) is 14.2. The zero-order chi connectivity index (χ0) is 19.8. The normalized spacial score (nSPS) is 16.6. The number of rotatable bonds is 5. The number of nitrogens with one attached hydrogen (secondary N) is 2. The number of imidazole rings is 1. The van der Waals surface area contributed by atoms with Crippen LogP contribution in [0.25, 0.3) is 22.2 Å². The molecule has 0 atom stereocenters. The van der Waals surface area contributed by atoms with Gasteiger partial charge in [-0.15, -0.1) is 0 Å². The lowest BCUT2D eigenvalue weighted by Gasteiger charge is -2.34. The Morgan fingerprint density at radius 3 is 3.03 bits per heavy atom. The molecule has 1 saturated carbocycles. The Kier molecular flexibility index (Phi) is 4.73. The second-order valence-electron chi connectivity index (χ2n) is 7.90. The molecule has 2 N–H and O–H groups in total. The molecule has 150 valence electrons. The van der Waals surface area contributed by atoms with Gasteiger partial charge in [-0.05, 0) is 26.0 Å². The van der Waals surface area contributed by atoms with Gasteiger partial charge in [0.15, 0.2) is 0 Å². The van der Waals surface area contributed by atoms with Gasteiger partial charge in [-0.2, -0.15) is 0 Å². The van der Waals surface area contributed by atoms with Crippen LogP contribution >= 0.6 is 0 Å². The molecular formula is C21H25N7O. The monoisotopic (exact) mass is 391 g/mol. The molecule has 2 aliphatic rings. The molecule has 3 heterocycles. The van der Waals surface area contributed by atoms with Crippen LogP contribution in [0.3, 0.4) is 0 Å². The van der Waals surface area contributed by atoms with Crippen LogP contribution in [0.5, 0.6) is 0 Å². The van der Waals surface area contributed by atoms with Crippen molar-refractivity contribution in [3.63, 3.8) is 0 Å². The number of anilines is 1. The summed E-state index contributed by atoms with van der Waals surface area (Å²) in [6.45, 7) is 3.00. The van der Waals surface area contributed by atoms with Gasteiger partial charge in [-0.1, -0.05) is 18.6 Å². The summed E-state index contributed by atoms with van der Waals surface area (Å²) in [5.74, 6) is 1.33. The van der Waals surface area contributed by atoms with Crippen LogP contribution in [-0.4, -0.2) is 56.5 Å². The summed E-state index contributed by atoms with van der Waals surface area (Å²) in [5, 5.41) is 7.13. The maximum Gasteiger partial charge on any atom is 0.240 e. The van der Waals surface area contributed by atoms with Gasteiger partial charge in [-0.25, -0.2) is 15.0 Å². The van der Waals surface area contributed by atoms with Crippen LogP contribution in [0, 0.1) is 0 Å². The van der Waals surface area contributed by atoms with E-state index in [-0.39, 0.29) is 5.91 Å². The predicted molar refractivity (Wildman–Crippen MR) is 111 cm³/mol. The van der Waals surface area contributed by atoms with Crippen LogP contribution in [0.1, 0.15) is 25.1 Å². The molecule has 8 heteroatoms. The molecule has 8 nitrogen and oxygen atoms in total. The largest absolute Gasteiger partial charge is 0.326 e. The summed E-state index contributed by atoms with van der Waals surface area (Å²) < 4.78 is 2.25. The van der Waals surface area contributed by atoms with E-state index < -0.39 is 0 Å². The zero-order valence-electron chi connectivity index (χ0n) is 16.6. The van der Waals surface area contributed by atoms with E-state index in [0.29, 0.717) is 18.5 Å². The van der Waals surface area contributed by atoms with Crippen molar-refractivity contribution < 1.29 is 4.79 Å². The minimum Gasteiger partial charge on any atom is -0.326 e. The highest BCUT2D eigenvalue weighted by molar-refractivity contribution is 5.92. The summed E-state index contributed by atoms with van der Waals surface area (Å²) in [5.41, 5.74) is 2.97. The Bertz CT molecular complexity index is 1060. The van der Waals surface area contributed by atoms with Crippen LogP contribution < -0.4 is 10.6 Å².